The van der Waals surface area contributed by atoms with Crippen LogP contribution in [-0.4, -0.2) is 20.5 Å². The fraction of sp³-hybridized carbons (Fsp3) is 0. The van der Waals surface area contributed by atoms with Crippen LogP contribution in [-0.2, 0) is 0 Å². The Morgan fingerprint density at radius 2 is 1.88 bits per heavy atom. The quantitative estimate of drug-likeness (QED) is 0.462. The van der Waals surface area contributed by atoms with E-state index in [0.717, 1.165) is 11.3 Å². The zero-order chi connectivity index (χ0) is 18.3. The van der Waals surface area contributed by atoms with Crippen molar-refractivity contribution in [3.05, 3.63) is 68.5 Å². The smallest absolute Gasteiger partial charge is 0.258 e. The topological polar surface area (TPSA) is 59.3 Å². The van der Waals surface area contributed by atoms with Crippen LogP contribution >= 0.6 is 46.1 Å². The monoisotopic (exact) mass is 422 g/mol. The van der Waals surface area contributed by atoms with Gasteiger partial charge in [0.25, 0.3) is 11.9 Å². The highest BCUT2D eigenvalue weighted by Gasteiger charge is 2.16. The van der Waals surface area contributed by atoms with Gasteiger partial charge in [-0.2, -0.15) is 4.98 Å². The first kappa shape index (κ1) is 17.3. The van der Waals surface area contributed by atoms with Crippen LogP contribution in [0.2, 0.25) is 15.1 Å². The van der Waals surface area contributed by atoms with Crippen molar-refractivity contribution >= 4 is 63.0 Å². The third-order valence-electron chi connectivity index (χ3n) is 3.60. The van der Waals surface area contributed by atoms with E-state index < -0.39 is 0 Å². The lowest BCUT2D eigenvalue weighted by molar-refractivity contribution is 0.102. The first-order valence-corrected chi connectivity index (χ1v) is 9.39. The average molecular weight is 424 g/mol. The van der Waals surface area contributed by atoms with E-state index in [-0.39, 0.29) is 11.9 Å². The maximum atomic E-state index is 12.3. The Morgan fingerprint density at radius 1 is 1.08 bits per heavy atom. The van der Waals surface area contributed by atoms with E-state index in [1.165, 1.54) is 11.3 Å². The Kier molecular flexibility index (Phi) is 4.58. The summed E-state index contributed by atoms with van der Waals surface area (Å²) >= 11 is 19.7. The maximum Gasteiger partial charge on any atom is 0.258 e. The van der Waals surface area contributed by atoms with Gasteiger partial charge in [-0.05, 0) is 36.4 Å². The number of nitrogens with one attached hydrogen (secondary N) is 1. The molecule has 2 aromatic heterocycles. The molecule has 0 saturated carbocycles. The second-order valence-corrected chi connectivity index (χ2v) is 7.46. The summed E-state index contributed by atoms with van der Waals surface area (Å²) in [6.45, 7) is 0. The number of aromatic nitrogens is 3. The van der Waals surface area contributed by atoms with E-state index in [2.05, 4.69) is 15.4 Å². The van der Waals surface area contributed by atoms with Crippen molar-refractivity contribution in [3.8, 4) is 11.3 Å². The summed E-state index contributed by atoms with van der Waals surface area (Å²) in [5.74, 6) is -0.144. The molecule has 9 heteroatoms. The van der Waals surface area contributed by atoms with Gasteiger partial charge in [0.1, 0.15) is 0 Å². The Bertz CT molecular complexity index is 1140. The number of fused-ring (bicyclic) bond motifs is 1. The summed E-state index contributed by atoms with van der Waals surface area (Å²) in [6, 6.07) is 11.8. The summed E-state index contributed by atoms with van der Waals surface area (Å²) in [7, 11) is 0. The van der Waals surface area contributed by atoms with Crippen molar-refractivity contribution in [2.75, 3.05) is 5.32 Å². The molecule has 0 unspecified atom stereocenters. The Balaban J connectivity index is 1.68. The highest BCUT2D eigenvalue weighted by atomic mass is 35.5. The second-order valence-electron chi connectivity index (χ2n) is 5.34. The highest BCUT2D eigenvalue weighted by molar-refractivity contribution is 7.15. The Hall–Kier alpha value is -2.12. The van der Waals surface area contributed by atoms with E-state index in [4.69, 9.17) is 34.8 Å². The first-order valence-electron chi connectivity index (χ1n) is 7.38. The molecule has 0 fully saturated rings. The molecule has 0 bridgehead atoms. The molecule has 0 aliphatic heterocycles. The zero-order valence-corrected chi connectivity index (χ0v) is 16.0. The van der Waals surface area contributed by atoms with Crippen molar-refractivity contribution in [1.29, 1.82) is 0 Å². The molecule has 2 heterocycles. The lowest BCUT2D eigenvalue weighted by Gasteiger charge is -2.03. The van der Waals surface area contributed by atoms with Gasteiger partial charge in [-0.25, -0.2) is 4.52 Å². The van der Waals surface area contributed by atoms with E-state index >= 15 is 0 Å². The van der Waals surface area contributed by atoms with Gasteiger partial charge in [-0.1, -0.05) is 40.9 Å². The van der Waals surface area contributed by atoms with Crippen LogP contribution in [0.5, 0.6) is 0 Å². The zero-order valence-electron chi connectivity index (χ0n) is 12.9. The minimum atomic E-state index is -0.340. The number of anilines is 1. The van der Waals surface area contributed by atoms with Gasteiger partial charge in [-0.3, -0.25) is 10.1 Å². The molecule has 26 heavy (non-hydrogen) atoms. The molecule has 0 aliphatic carbocycles. The summed E-state index contributed by atoms with van der Waals surface area (Å²) in [5.41, 5.74) is 1.91. The predicted molar refractivity (Wildman–Crippen MR) is 106 cm³/mol. The molecule has 130 valence electrons. The first-order chi connectivity index (χ1) is 12.5. The minimum absolute atomic E-state index is 0.196. The molecule has 1 amide bonds. The fourth-order valence-corrected chi connectivity index (χ4v) is 3.82. The molecule has 0 aliphatic rings. The van der Waals surface area contributed by atoms with Crippen LogP contribution in [0, 0.1) is 0 Å². The number of hydrogen-bond acceptors (Lipinski definition) is 4. The standard InChI is InChI=1S/C17H9Cl3N4OS/c18-10-3-1-2-9(6-10)15(25)21-16-22-17-24(23-16)14(8-26-17)12-7-11(19)4-5-13(12)20/h1-8H,(H,21,23,25). The minimum Gasteiger partial charge on any atom is -0.289 e. The number of rotatable bonds is 3. The van der Waals surface area contributed by atoms with Gasteiger partial charge in [0, 0.05) is 26.6 Å². The van der Waals surface area contributed by atoms with Gasteiger partial charge in [0.05, 0.1) is 10.7 Å². The number of hydrogen-bond donors (Lipinski definition) is 1. The molecule has 0 spiro atoms. The van der Waals surface area contributed by atoms with Gasteiger partial charge in [-0.15, -0.1) is 16.4 Å². The van der Waals surface area contributed by atoms with E-state index in [1.807, 2.05) is 5.38 Å². The van der Waals surface area contributed by atoms with Gasteiger partial charge >= 0.3 is 0 Å². The third kappa shape index (κ3) is 3.29. The molecule has 5 nitrogen and oxygen atoms in total. The number of halogens is 3. The number of carbonyl (C=O) groups is 1. The van der Waals surface area contributed by atoms with Gasteiger partial charge < -0.3 is 0 Å². The molecule has 0 saturated heterocycles. The molecule has 0 radical (unpaired) electrons. The van der Waals surface area contributed by atoms with Crippen molar-refractivity contribution < 1.29 is 4.79 Å². The van der Waals surface area contributed by atoms with Crippen LogP contribution in [0.3, 0.4) is 0 Å². The molecule has 2 aromatic carbocycles. The van der Waals surface area contributed by atoms with Gasteiger partial charge in [0.2, 0.25) is 4.96 Å². The number of amides is 1. The normalized spacial score (nSPS) is 11.0. The van der Waals surface area contributed by atoms with Crippen LogP contribution in [0.25, 0.3) is 16.2 Å². The Morgan fingerprint density at radius 3 is 2.69 bits per heavy atom. The molecule has 1 N–H and O–H groups in total. The molecular formula is C17H9Cl3N4OS. The van der Waals surface area contributed by atoms with Crippen LogP contribution in [0.15, 0.2) is 47.8 Å². The number of carbonyl (C=O) groups excluding carboxylic acids is 1. The lowest BCUT2D eigenvalue weighted by Crippen LogP contribution is -2.13. The fourth-order valence-electron chi connectivity index (χ4n) is 2.42. The van der Waals surface area contributed by atoms with Crippen LogP contribution < -0.4 is 5.32 Å². The van der Waals surface area contributed by atoms with E-state index in [0.29, 0.717) is 25.6 Å². The van der Waals surface area contributed by atoms with Crippen molar-refractivity contribution in [2.45, 2.75) is 0 Å². The summed E-state index contributed by atoms with van der Waals surface area (Å²) in [4.78, 5) is 17.3. The molecule has 0 atom stereocenters. The van der Waals surface area contributed by atoms with Crippen molar-refractivity contribution in [1.82, 2.24) is 14.6 Å². The Labute approximate surface area is 167 Å². The number of thiazole rings is 1. The third-order valence-corrected chi connectivity index (χ3v) is 5.21. The number of nitrogens with zero attached hydrogens (tertiary/aromatic N) is 3. The average Bonchev–Trinajstić information content (AvgIpc) is 3.17. The van der Waals surface area contributed by atoms with Crippen LogP contribution in [0.1, 0.15) is 10.4 Å². The maximum absolute atomic E-state index is 12.3. The molecule has 4 aromatic rings. The number of benzene rings is 2. The molecular weight excluding hydrogens is 415 g/mol. The van der Waals surface area contributed by atoms with Gasteiger partial charge in [0.15, 0.2) is 0 Å². The van der Waals surface area contributed by atoms with Crippen molar-refractivity contribution in [2.24, 2.45) is 0 Å². The van der Waals surface area contributed by atoms with Crippen molar-refractivity contribution in [3.63, 3.8) is 0 Å². The summed E-state index contributed by atoms with van der Waals surface area (Å²) in [6.07, 6.45) is 0. The molecule has 4 rings (SSSR count). The largest absolute Gasteiger partial charge is 0.289 e. The van der Waals surface area contributed by atoms with Crippen LogP contribution in [0.4, 0.5) is 5.95 Å². The predicted octanol–water partition coefficient (Wildman–Crippen LogP) is 5.67. The SMILES string of the molecule is O=C(Nc1nc2scc(-c3cc(Cl)ccc3Cl)n2n1)c1cccc(Cl)c1. The van der Waals surface area contributed by atoms with E-state index in [9.17, 15) is 4.79 Å². The summed E-state index contributed by atoms with van der Waals surface area (Å²) in [5, 5.41) is 10.5. The summed E-state index contributed by atoms with van der Waals surface area (Å²) < 4.78 is 1.62. The lowest BCUT2D eigenvalue weighted by atomic mass is 10.2. The highest BCUT2D eigenvalue weighted by Crippen LogP contribution is 2.33. The second kappa shape index (κ2) is 6.89. The van der Waals surface area contributed by atoms with E-state index in [1.54, 1.807) is 47.0 Å².